The van der Waals surface area contributed by atoms with Crippen LogP contribution >= 0.6 is 24.0 Å². The zero-order valence-electron chi connectivity index (χ0n) is 8.59. The first kappa shape index (κ1) is 11.4. The first-order chi connectivity index (χ1) is 7.72. The zero-order valence-corrected chi connectivity index (χ0v) is 10.2. The van der Waals surface area contributed by atoms with Crippen molar-refractivity contribution in [2.75, 3.05) is 6.54 Å². The summed E-state index contributed by atoms with van der Waals surface area (Å²) in [4.78, 5) is 13.5. The number of thioether (sulfide) groups is 1. The third-order valence-electron chi connectivity index (χ3n) is 2.28. The van der Waals surface area contributed by atoms with Crippen molar-refractivity contribution in [3.63, 3.8) is 0 Å². The van der Waals surface area contributed by atoms with Gasteiger partial charge >= 0.3 is 0 Å². The van der Waals surface area contributed by atoms with Crippen molar-refractivity contribution in [3.8, 4) is 0 Å². The van der Waals surface area contributed by atoms with Crippen LogP contribution in [0.15, 0.2) is 35.5 Å². The molecule has 1 unspecified atom stereocenters. The molecule has 1 aromatic rings. The van der Waals surface area contributed by atoms with Crippen molar-refractivity contribution in [2.45, 2.75) is 11.7 Å². The van der Waals surface area contributed by atoms with Crippen molar-refractivity contribution in [1.82, 2.24) is 4.90 Å². The highest BCUT2D eigenvalue weighted by Crippen LogP contribution is 2.29. The van der Waals surface area contributed by atoms with Crippen molar-refractivity contribution in [1.29, 1.82) is 0 Å². The normalized spacial score (nSPS) is 20.5. The Morgan fingerprint density at radius 3 is 3.12 bits per heavy atom. The highest BCUT2D eigenvalue weighted by molar-refractivity contribution is 8.24. The summed E-state index contributed by atoms with van der Waals surface area (Å²) in [5.41, 5.74) is 0. The van der Waals surface area contributed by atoms with Crippen molar-refractivity contribution in [2.24, 2.45) is 0 Å². The quantitative estimate of drug-likeness (QED) is 0.608. The van der Waals surface area contributed by atoms with Gasteiger partial charge in [0.25, 0.3) is 0 Å². The molecule has 0 spiro atoms. The second-order valence-corrected chi connectivity index (χ2v) is 5.23. The van der Waals surface area contributed by atoms with Gasteiger partial charge in [0.05, 0.1) is 11.5 Å². The summed E-state index contributed by atoms with van der Waals surface area (Å²) < 4.78 is 5.85. The molecule has 2 rings (SSSR count). The van der Waals surface area contributed by atoms with Crippen LogP contribution in [0.3, 0.4) is 0 Å². The van der Waals surface area contributed by atoms with Crippen LogP contribution in [0.4, 0.5) is 0 Å². The molecule has 0 aliphatic carbocycles. The Morgan fingerprint density at radius 2 is 2.50 bits per heavy atom. The fourth-order valence-electron chi connectivity index (χ4n) is 1.53. The lowest BCUT2D eigenvalue weighted by atomic mass is 10.2. The predicted octanol–water partition coefficient (Wildman–Crippen LogP) is 2.24. The fraction of sp³-hybridized carbons (Fsp3) is 0.273. The molecule has 1 aromatic heterocycles. The van der Waals surface area contributed by atoms with E-state index in [4.69, 9.17) is 16.6 Å². The number of hydrogen-bond acceptors (Lipinski definition) is 4. The summed E-state index contributed by atoms with van der Waals surface area (Å²) in [6, 6.07) is 3.69. The summed E-state index contributed by atoms with van der Waals surface area (Å²) in [7, 11) is 0. The Labute approximate surface area is 103 Å². The Kier molecular flexibility index (Phi) is 3.46. The van der Waals surface area contributed by atoms with E-state index in [0.29, 0.717) is 17.3 Å². The smallest absolute Gasteiger partial charge is 0.242 e. The molecule has 5 heteroatoms. The van der Waals surface area contributed by atoms with E-state index < -0.39 is 0 Å². The third kappa shape index (κ3) is 2.20. The van der Waals surface area contributed by atoms with Crippen LogP contribution in [0.5, 0.6) is 0 Å². The molecule has 1 amide bonds. The Hall–Kier alpha value is -1.07. The van der Waals surface area contributed by atoms with Crippen LogP contribution in [0.25, 0.3) is 0 Å². The molecule has 1 saturated heterocycles. The van der Waals surface area contributed by atoms with Crippen LogP contribution in [0.1, 0.15) is 5.76 Å². The second-order valence-electron chi connectivity index (χ2n) is 3.39. The summed E-state index contributed by atoms with van der Waals surface area (Å²) in [6.45, 7) is 4.10. The number of furan rings is 1. The number of carbonyl (C=O) groups excluding carboxylic acids is 1. The summed E-state index contributed by atoms with van der Waals surface area (Å²) in [5, 5.41) is -0.154. The van der Waals surface area contributed by atoms with E-state index in [9.17, 15) is 4.79 Å². The molecule has 1 aliphatic rings. The van der Waals surface area contributed by atoms with Crippen LogP contribution in [-0.4, -0.2) is 26.9 Å². The average molecular weight is 253 g/mol. The fourth-order valence-corrected chi connectivity index (χ4v) is 3.06. The Bertz CT molecular complexity index is 414. The summed E-state index contributed by atoms with van der Waals surface area (Å²) in [6.07, 6.45) is 3.88. The molecule has 0 aromatic carbocycles. The van der Waals surface area contributed by atoms with Gasteiger partial charge in [0, 0.05) is 13.0 Å². The van der Waals surface area contributed by atoms with E-state index in [1.165, 1.54) is 11.8 Å². The maximum atomic E-state index is 12.0. The Balaban J connectivity index is 2.05. The first-order valence-electron chi connectivity index (χ1n) is 4.87. The van der Waals surface area contributed by atoms with Crippen LogP contribution in [-0.2, 0) is 11.2 Å². The topological polar surface area (TPSA) is 33.5 Å². The average Bonchev–Trinajstić information content (AvgIpc) is 2.84. The van der Waals surface area contributed by atoms with Gasteiger partial charge in [-0.05, 0) is 12.1 Å². The molecule has 3 nitrogen and oxygen atoms in total. The highest BCUT2D eigenvalue weighted by Gasteiger charge is 2.36. The van der Waals surface area contributed by atoms with Gasteiger partial charge in [0.2, 0.25) is 5.91 Å². The maximum Gasteiger partial charge on any atom is 0.242 e. The minimum absolute atomic E-state index is 0.0475. The number of carbonyl (C=O) groups is 1. The molecule has 2 heterocycles. The summed E-state index contributed by atoms with van der Waals surface area (Å²) in [5.74, 6) is 0.861. The zero-order chi connectivity index (χ0) is 11.5. The monoisotopic (exact) mass is 253 g/mol. The van der Waals surface area contributed by atoms with Gasteiger partial charge in [-0.2, -0.15) is 0 Å². The maximum absolute atomic E-state index is 12.0. The van der Waals surface area contributed by atoms with Gasteiger partial charge < -0.3 is 4.42 Å². The van der Waals surface area contributed by atoms with E-state index in [-0.39, 0.29) is 11.2 Å². The molecular weight excluding hydrogens is 242 g/mol. The van der Waals surface area contributed by atoms with Gasteiger partial charge in [-0.25, -0.2) is 0 Å². The standard InChI is InChI=1S/C11H11NO2S2/c1-2-5-12-10(13)9(16-11(12)15)7-8-4-3-6-14-8/h2-4,6,9H,1,5,7H2. The van der Waals surface area contributed by atoms with Gasteiger partial charge in [-0.1, -0.05) is 30.1 Å². The van der Waals surface area contributed by atoms with Gasteiger partial charge in [0.15, 0.2) is 0 Å². The summed E-state index contributed by atoms with van der Waals surface area (Å²) >= 11 is 6.57. The van der Waals surface area contributed by atoms with E-state index in [1.807, 2.05) is 12.1 Å². The van der Waals surface area contributed by atoms with E-state index >= 15 is 0 Å². The minimum Gasteiger partial charge on any atom is -0.469 e. The van der Waals surface area contributed by atoms with Crippen LogP contribution in [0, 0.1) is 0 Å². The predicted molar refractivity (Wildman–Crippen MR) is 68.3 cm³/mol. The molecule has 0 N–H and O–H groups in total. The lowest BCUT2D eigenvalue weighted by Gasteiger charge is -2.11. The molecule has 0 saturated carbocycles. The SMILES string of the molecule is C=CCN1C(=O)C(Cc2ccco2)SC1=S. The molecule has 84 valence electrons. The molecule has 1 aliphatic heterocycles. The van der Waals surface area contributed by atoms with E-state index in [1.54, 1.807) is 17.2 Å². The van der Waals surface area contributed by atoms with Crippen molar-refractivity contribution >= 4 is 34.2 Å². The lowest BCUT2D eigenvalue weighted by Crippen LogP contribution is -2.32. The molecule has 1 atom stereocenters. The van der Waals surface area contributed by atoms with Gasteiger partial charge in [-0.15, -0.1) is 6.58 Å². The van der Waals surface area contributed by atoms with Crippen LogP contribution in [0.2, 0.25) is 0 Å². The van der Waals surface area contributed by atoms with E-state index in [2.05, 4.69) is 6.58 Å². The van der Waals surface area contributed by atoms with Crippen LogP contribution < -0.4 is 0 Å². The van der Waals surface area contributed by atoms with E-state index in [0.717, 1.165) is 5.76 Å². The second kappa shape index (κ2) is 4.84. The molecular formula is C11H11NO2S2. The number of hydrogen-bond donors (Lipinski definition) is 0. The molecule has 16 heavy (non-hydrogen) atoms. The number of nitrogens with zero attached hydrogens (tertiary/aromatic N) is 1. The first-order valence-corrected chi connectivity index (χ1v) is 6.16. The van der Waals surface area contributed by atoms with Gasteiger partial charge in [0.1, 0.15) is 10.1 Å². The number of amides is 1. The minimum atomic E-state index is -0.154. The largest absolute Gasteiger partial charge is 0.469 e. The van der Waals surface area contributed by atoms with Crippen molar-refractivity contribution < 1.29 is 9.21 Å². The number of thiocarbonyl (C=S) groups is 1. The third-order valence-corrected chi connectivity index (χ3v) is 3.87. The Morgan fingerprint density at radius 1 is 1.69 bits per heavy atom. The lowest BCUT2D eigenvalue weighted by molar-refractivity contribution is -0.125. The van der Waals surface area contributed by atoms with Crippen molar-refractivity contribution in [3.05, 3.63) is 36.8 Å². The molecule has 0 radical (unpaired) electrons. The molecule has 0 bridgehead atoms. The highest BCUT2D eigenvalue weighted by atomic mass is 32.2. The number of rotatable bonds is 4. The molecule has 1 fully saturated rings. The van der Waals surface area contributed by atoms with Gasteiger partial charge in [-0.3, -0.25) is 9.69 Å².